The zero-order chi connectivity index (χ0) is 37.3. The number of urea groups is 1. The molecule has 6 atom stereocenters. The average Bonchev–Trinajstić information content (AvgIpc) is 3.40. The van der Waals surface area contributed by atoms with Crippen LogP contribution < -0.4 is 21.3 Å². The largest absolute Gasteiger partial charge is 0.353 e. The number of unbranched alkanes of at least 4 members (excludes halogenated alkanes) is 1. The number of fused-ring (bicyclic) bond motifs is 2. The van der Waals surface area contributed by atoms with Gasteiger partial charge >= 0.3 is 6.03 Å². The van der Waals surface area contributed by atoms with Gasteiger partial charge in [0.25, 0.3) is 5.91 Å². The Kier molecular flexibility index (Phi) is 11.8. The monoisotopic (exact) mass is 716 g/mol. The number of likely N-dealkylation sites (N-methyl/N-ethyl adjacent to an activating group) is 2. The number of sulfonamides is 1. The van der Waals surface area contributed by atoms with Crippen LogP contribution in [-0.2, 0) is 42.0 Å². The van der Waals surface area contributed by atoms with Crippen molar-refractivity contribution in [3.63, 3.8) is 0 Å². The van der Waals surface area contributed by atoms with Crippen molar-refractivity contribution in [1.82, 2.24) is 30.5 Å². The smallest absolute Gasteiger partial charge is 0.315 e. The predicted octanol–water partition coefficient (Wildman–Crippen LogP) is 1.85. The highest BCUT2D eigenvalue weighted by atomic mass is 32.2. The predicted molar refractivity (Wildman–Crippen MR) is 190 cm³/mol. The van der Waals surface area contributed by atoms with Crippen LogP contribution in [0.5, 0.6) is 0 Å². The number of carbonyl (C=O) groups excluding carboxylic acids is 5. The molecule has 1 saturated carbocycles. The van der Waals surface area contributed by atoms with Crippen LogP contribution in [0.1, 0.15) is 71.9 Å². The summed E-state index contributed by atoms with van der Waals surface area (Å²) in [4.78, 5) is 69.4. The number of Topliss-reactive ketones (excluding diaryl/α,β-unsaturated/α-hetero) is 1. The van der Waals surface area contributed by atoms with Gasteiger partial charge in [-0.05, 0) is 59.0 Å². The lowest BCUT2D eigenvalue weighted by Gasteiger charge is -2.37. The molecule has 1 unspecified atom stereocenters. The summed E-state index contributed by atoms with van der Waals surface area (Å²) in [6, 6.07) is 3.81. The summed E-state index contributed by atoms with van der Waals surface area (Å²) >= 11 is 0. The fourth-order valence-electron chi connectivity index (χ4n) is 7.69. The lowest BCUT2D eigenvalue weighted by Crippen LogP contribution is -2.61. The van der Waals surface area contributed by atoms with Gasteiger partial charge in [-0.15, -0.1) is 0 Å². The minimum Gasteiger partial charge on any atom is -0.353 e. The number of nitrogens with one attached hydrogen (secondary N) is 4. The Morgan fingerprint density at radius 1 is 1.02 bits per heavy atom. The number of piperidine rings is 1. The zero-order valence-corrected chi connectivity index (χ0v) is 31.8. The van der Waals surface area contributed by atoms with Gasteiger partial charge in [0.05, 0.1) is 12.3 Å². The van der Waals surface area contributed by atoms with Crippen LogP contribution in [0.15, 0.2) is 24.3 Å². The van der Waals surface area contributed by atoms with E-state index in [2.05, 4.69) is 35.1 Å². The molecule has 1 aliphatic heterocycles. The standard InChI is InChI=1S/C36H56N6O7S/c1-10-11-16-25(30(43)32(45)37-7)38-31(44)29-27-24(36(27,5)6)19-42(29)33(46)28(23-17-21-14-12-13-15-22(21)18-23)40-34(47)39-26(35(2,3)4)20-41(8)50(9,48)49/h12-15,23-29H,10-11,16-20H2,1-9H3,(H,37,45)(H,38,44)(H2,39,40,47)/t24-,25?,26+,27-,28-,29-/m0/s1. The third-order valence-corrected chi connectivity index (χ3v) is 12.4. The van der Waals surface area contributed by atoms with Gasteiger partial charge in [-0.25, -0.2) is 17.5 Å². The summed E-state index contributed by atoms with van der Waals surface area (Å²) < 4.78 is 25.6. The van der Waals surface area contributed by atoms with Crippen molar-refractivity contribution in [2.45, 2.75) is 97.8 Å². The normalized spacial score (nSPS) is 22.9. The van der Waals surface area contributed by atoms with Crippen LogP contribution in [0.25, 0.3) is 0 Å². The maximum Gasteiger partial charge on any atom is 0.315 e. The quantitative estimate of drug-likeness (QED) is 0.213. The van der Waals surface area contributed by atoms with Gasteiger partial charge in [0.15, 0.2) is 0 Å². The molecular weight excluding hydrogens is 660 g/mol. The maximum atomic E-state index is 14.7. The van der Waals surface area contributed by atoms with Crippen molar-refractivity contribution in [3.05, 3.63) is 35.4 Å². The lowest BCUT2D eigenvalue weighted by atomic mass is 9.86. The van der Waals surface area contributed by atoms with E-state index in [1.54, 1.807) is 4.90 Å². The van der Waals surface area contributed by atoms with E-state index >= 15 is 0 Å². The van der Waals surface area contributed by atoms with Crippen LogP contribution in [-0.4, -0.2) is 105 Å². The van der Waals surface area contributed by atoms with E-state index in [1.807, 2.05) is 52.0 Å². The second-order valence-electron chi connectivity index (χ2n) is 16.0. The number of nitrogens with zero attached hydrogens (tertiary/aromatic N) is 2. The Bertz CT molecular complexity index is 1560. The molecule has 1 heterocycles. The number of rotatable bonds is 14. The summed E-state index contributed by atoms with van der Waals surface area (Å²) in [6.07, 6.45) is 3.88. The maximum absolute atomic E-state index is 14.7. The van der Waals surface area contributed by atoms with Gasteiger partial charge < -0.3 is 26.2 Å². The third-order valence-electron chi connectivity index (χ3n) is 11.2. The van der Waals surface area contributed by atoms with E-state index in [-0.39, 0.29) is 35.6 Å². The highest BCUT2D eigenvalue weighted by Crippen LogP contribution is 2.65. The van der Waals surface area contributed by atoms with Gasteiger partial charge in [0, 0.05) is 33.2 Å². The summed E-state index contributed by atoms with van der Waals surface area (Å²) in [7, 11) is -0.695. The van der Waals surface area contributed by atoms with Gasteiger partial charge in [0.2, 0.25) is 27.6 Å². The van der Waals surface area contributed by atoms with Crippen molar-refractivity contribution in [2.24, 2.45) is 28.6 Å². The molecule has 1 aromatic carbocycles. The fourth-order valence-corrected chi connectivity index (χ4v) is 8.11. The molecule has 5 amide bonds. The molecule has 278 valence electrons. The van der Waals surface area contributed by atoms with Crippen molar-refractivity contribution in [1.29, 1.82) is 0 Å². The Morgan fingerprint density at radius 3 is 2.14 bits per heavy atom. The third kappa shape index (κ3) is 8.50. The molecule has 0 radical (unpaired) electrons. The van der Waals surface area contributed by atoms with Crippen molar-refractivity contribution < 1.29 is 32.4 Å². The first-order chi connectivity index (χ1) is 23.2. The number of ketones is 1. The molecule has 4 rings (SSSR count). The Labute approximate surface area is 297 Å². The summed E-state index contributed by atoms with van der Waals surface area (Å²) in [5, 5.41) is 11.1. The minimum atomic E-state index is -3.52. The first-order valence-electron chi connectivity index (χ1n) is 17.6. The van der Waals surface area contributed by atoms with Crippen LogP contribution in [0.2, 0.25) is 0 Å². The second-order valence-corrected chi connectivity index (χ2v) is 18.1. The number of likely N-dealkylation sites (tertiary alicyclic amines) is 1. The molecule has 2 fully saturated rings. The molecule has 1 aromatic rings. The van der Waals surface area contributed by atoms with Crippen molar-refractivity contribution in [2.75, 3.05) is 33.4 Å². The van der Waals surface area contributed by atoms with E-state index in [4.69, 9.17) is 0 Å². The molecule has 50 heavy (non-hydrogen) atoms. The van der Waals surface area contributed by atoms with Gasteiger partial charge in [-0.2, -0.15) is 0 Å². The molecule has 1 saturated heterocycles. The summed E-state index contributed by atoms with van der Waals surface area (Å²) in [5.74, 6) is -2.78. The topological polar surface area (TPSA) is 174 Å². The van der Waals surface area contributed by atoms with Crippen molar-refractivity contribution in [3.8, 4) is 0 Å². The van der Waals surface area contributed by atoms with E-state index < -0.39 is 63.2 Å². The highest BCUT2D eigenvalue weighted by molar-refractivity contribution is 7.88. The Balaban J connectivity index is 1.62. The SMILES string of the molecule is CCCCC(NC(=O)[C@@H]1[C@@H]2[C@H](CN1C(=O)[C@@H](NC(=O)N[C@H](CN(C)S(C)(=O)=O)C(C)(C)C)C1Cc3ccccc3C1)C2(C)C)C(=O)C(=O)NC. The number of benzene rings is 1. The molecule has 0 bridgehead atoms. The van der Waals surface area contributed by atoms with E-state index in [9.17, 15) is 32.4 Å². The first-order valence-corrected chi connectivity index (χ1v) is 19.5. The van der Waals surface area contributed by atoms with Crippen molar-refractivity contribution >= 4 is 39.6 Å². The number of carbonyl (C=O) groups is 5. The molecule has 2 aliphatic carbocycles. The first kappa shape index (κ1) is 39.3. The van der Waals surface area contributed by atoms with Crippen LogP contribution >= 0.6 is 0 Å². The zero-order valence-electron chi connectivity index (χ0n) is 31.0. The minimum absolute atomic E-state index is 0.0318. The second kappa shape index (κ2) is 15.0. The van der Waals surface area contributed by atoms with Gasteiger partial charge in [-0.3, -0.25) is 19.2 Å². The van der Waals surface area contributed by atoms with E-state index in [0.29, 0.717) is 32.2 Å². The molecular formula is C36H56N6O7S. The van der Waals surface area contributed by atoms with E-state index in [1.165, 1.54) is 18.4 Å². The highest BCUT2D eigenvalue weighted by Gasteiger charge is 2.69. The van der Waals surface area contributed by atoms with Crippen LogP contribution in [0.3, 0.4) is 0 Å². The van der Waals surface area contributed by atoms with Crippen LogP contribution in [0.4, 0.5) is 4.79 Å². The molecule has 14 heteroatoms. The average molecular weight is 717 g/mol. The molecule has 4 N–H and O–H groups in total. The molecule has 0 aromatic heterocycles. The Hall–Kier alpha value is -3.52. The molecule has 3 aliphatic rings. The summed E-state index contributed by atoms with van der Waals surface area (Å²) in [5.41, 5.74) is 1.44. The van der Waals surface area contributed by atoms with Gasteiger partial charge in [0.1, 0.15) is 12.1 Å². The fraction of sp³-hybridized carbons (Fsp3) is 0.694. The van der Waals surface area contributed by atoms with Crippen LogP contribution in [0, 0.1) is 28.6 Å². The van der Waals surface area contributed by atoms with Gasteiger partial charge in [-0.1, -0.05) is 78.6 Å². The number of hydrogen-bond acceptors (Lipinski definition) is 7. The summed E-state index contributed by atoms with van der Waals surface area (Å²) in [6.45, 7) is 12.1. The Morgan fingerprint density at radius 2 is 1.62 bits per heavy atom. The van der Waals surface area contributed by atoms with E-state index in [0.717, 1.165) is 23.8 Å². The molecule has 13 nitrogen and oxygen atoms in total. The number of amides is 5. The number of hydrogen-bond donors (Lipinski definition) is 4. The lowest BCUT2D eigenvalue weighted by molar-refractivity contribution is -0.144. The molecule has 0 spiro atoms.